The largest absolute Gasteiger partial charge is 0.389 e. The molecule has 1 heterocycles. The van der Waals surface area contributed by atoms with Gasteiger partial charge in [-0.1, -0.05) is 24.6 Å². The highest BCUT2D eigenvalue weighted by molar-refractivity contribution is 6.30. The first-order valence-electron chi connectivity index (χ1n) is 6.66. The summed E-state index contributed by atoms with van der Waals surface area (Å²) in [6.07, 6.45) is 2.43. The Balaban J connectivity index is 2.14. The molecule has 0 aliphatic carbocycles. The number of aliphatic hydroxyl groups is 1. The molecule has 0 bridgehead atoms. The highest BCUT2D eigenvalue weighted by atomic mass is 35.5. The number of halogens is 2. The minimum atomic E-state index is -0.830. The van der Waals surface area contributed by atoms with Gasteiger partial charge in [0.2, 0.25) is 0 Å². The van der Waals surface area contributed by atoms with Crippen LogP contribution in [0.15, 0.2) is 18.2 Å². The van der Waals surface area contributed by atoms with Crippen molar-refractivity contribution in [3.8, 4) is 0 Å². The predicted octanol–water partition coefficient (Wildman–Crippen LogP) is 3.73. The van der Waals surface area contributed by atoms with Gasteiger partial charge in [-0.2, -0.15) is 0 Å². The first-order valence-corrected chi connectivity index (χ1v) is 7.04. The zero-order valence-electron chi connectivity index (χ0n) is 11.4. The minimum Gasteiger partial charge on any atom is -0.389 e. The minimum absolute atomic E-state index is 0.112. The van der Waals surface area contributed by atoms with Gasteiger partial charge in [0.15, 0.2) is 0 Å². The number of hydrogen-bond acceptors (Lipinski definition) is 2. The summed E-state index contributed by atoms with van der Waals surface area (Å²) >= 11 is 5.67. The Morgan fingerprint density at radius 1 is 1.47 bits per heavy atom. The Bertz CT molecular complexity index is 465. The van der Waals surface area contributed by atoms with Gasteiger partial charge < -0.3 is 9.84 Å². The van der Waals surface area contributed by atoms with Crippen molar-refractivity contribution < 1.29 is 14.2 Å². The lowest BCUT2D eigenvalue weighted by molar-refractivity contribution is -0.152. The molecule has 2 atom stereocenters. The van der Waals surface area contributed by atoms with E-state index in [1.54, 1.807) is 6.07 Å². The molecule has 2 unspecified atom stereocenters. The summed E-state index contributed by atoms with van der Waals surface area (Å²) in [5.74, 6) is -0.437. The molecule has 0 radical (unpaired) electrons. The first kappa shape index (κ1) is 14.8. The van der Waals surface area contributed by atoms with Crippen LogP contribution in [0.5, 0.6) is 0 Å². The van der Waals surface area contributed by atoms with E-state index in [9.17, 15) is 9.50 Å². The molecule has 0 spiro atoms. The third kappa shape index (κ3) is 3.47. The van der Waals surface area contributed by atoms with Crippen LogP contribution in [-0.2, 0) is 11.2 Å². The van der Waals surface area contributed by atoms with Crippen molar-refractivity contribution in [2.24, 2.45) is 0 Å². The molecule has 4 heteroatoms. The van der Waals surface area contributed by atoms with E-state index in [2.05, 4.69) is 0 Å². The average molecular weight is 287 g/mol. The molecule has 0 aromatic heterocycles. The molecular weight excluding hydrogens is 267 g/mol. The highest BCUT2D eigenvalue weighted by Gasteiger charge is 2.41. The van der Waals surface area contributed by atoms with Gasteiger partial charge in [0.05, 0.1) is 22.8 Å². The van der Waals surface area contributed by atoms with Crippen LogP contribution < -0.4 is 0 Å². The second-order valence-corrected chi connectivity index (χ2v) is 6.14. The van der Waals surface area contributed by atoms with Crippen LogP contribution in [0.1, 0.15) is 38.7 Å². The van der Waals surface area contributed by atoms with Crippen LogP contribution in [0.25, 0.3) is 0 Å². The lowest BCUT2D eigenvalue weighted by Gasteiger charge is -2.43. The molecule has 1 aliphatic rings. The fourth-order valence-electron chi connectivity index (χ4n) is 2.73. The van der Waals surface area contributed by atoms with Gasteiger partial charge in [-0.15, -0.1) is 0 Å². The van der Waals surface area contributed by atoms with Gasteiger partial charge >= 0.3 is 0 Å². The summed E-state index contributed by atoms with van der Waals surface area (Å²) in [5.41, 5.74) is -0.355. The molecule has 1 aromatic rings. The van der Waals surface area contributed by atoms with Crippen LogP contribution >= 0.6 is 11.6 Å². The Morgan fingerprint density at radius 3 is 2.84 bits per heavy atom. The number of benzene rings is 1. The van der Waals surface area contributed by atoms with Crippen LogP contribution in [0.3, 0.4) is 0 Å². The third-order valence-corrected chi connectivity index (χ3v) is 4.29. The topological polar surface area (TPSA) is 29.5 Å². The van der Waals surface area contributed by atoms with Gasteiger partial charge in [0.25, 0.3) is 0 Å². The molecule has 19 heavy (non-hydrogen) atoms. The van der Waals surface area contributed by atoms with Crippen molar-refractivity contribution in [1.82, 2.24) is 0 Å². The van der Waals surface area contributed by atoms with E-state index in [-0.39, 0.29) is 10.6 Å². The SMILES string of the molecule is CCC1(C)CC(O)(Cc2ccc(Cl)c(F)c2)CCO1. The summed E-state index contributed by atoms with van der Waals surface area (Å²) in [4.78, 5) is 0. The van der Waals surface area contributed by atoms with Gasteiger partial charge in [-0.3, -0.25) is 0 Å². The highest BCUT2D eigenvalue weighted by Crippen LogP contribution is 2.36. The molecule has 0 saturated carbocycles. The zero-order valence-corrected chi connectivity index (χ0v) is 12.1. The maximum atomic E-state index is 13.4. The van der Waals surface area contributed by atoms with Gasteiger partial charge in [0.1, 0.15) is 5.82 Å². The van der Waals surface area contributed by atoms with Crippen molar-refractivity contribution in [1.29, 1.82) is 0 Å². The molecule has 1 fully saturated rings. The van der Waals surface area contributed by atoms with E-state index in [4.69, 9.17) is 16.3 Å². The number of hydrogen-bond donors (Lipinski definition) is 1. The molecule has 1 aromatic carbocycles. The van der Waals surface area contributed by atoms with Crippen molar-refractivity contribution in [3.05, 3.63) is 34.6 Å². The van der Waals surface area contributed by atoms with E-state index in [1.807, 2.05) is 13.8 Å². The molecule has 2 rings (SSSR count). The predicted molar refractivity (Wildman–Crippen MR) is 73.9 cm³/mol. The Hall–Kier alpha value is -0.640. The fraction of sp³-hybridized carbons (Fsp3) is 0.600. The Labute approximate surface area is 118 Å². The van der Waals surface area contributed by atoms with Crippen molar-refractivity contribution >= 4 is 11.6 Å². The van der Waals surface area contributed by atoms with Gasteiger partial charge in [-0.25, -0.2) is 4.39 Å². The first-order chi connectivity index (χ1) is 8.86. The molecule has 1 saturated heterocycles. The molecule has 0 amide bonds. The number of ether oxygens (including phenoxy) is 1. The second-order valence-electron chi connectivity index (χ2n) is 5.73. The third-order valence-electron chi connectivity index (χ3n) is 3.99. The zero-order chi connectivity index (χ0) is 14.1. The molecule has 2 nitrogen and oxygen atoms in total. The lowest BCUT2D eigenvalue weighted by atomic mass is 9.78. The van der Waals surface area contributed by atoms with Crippen LogP contribution in [-0.4, -0.2) is 22.9 Å². The summed E-state index contributed by atoms with van der Waals surface area (Å²) < 4.78 is 19.2. The summed E-state index contributed by atoms with van der Waals surface area (Å²) in [7, 11) is 0. The monoisotopic (exact) mass is 286 g/mol. The van der Waals surface area contributed by atoms with E-state index in [0.717, 1.165) is 12.0 Å². The lowest BCUT2D eigenvalue weighted by Crippen LogP contribution is -2.48. The van der Waals surface area contributed by atoms with Crippen molar-refractivity contribution in [2.75, 3.05) is 6.61 Å². The van der Waals surface area contributed by atoms with E-state index < -0.39 is 11.4 Å². The van der Waals surface area contributed by atoms with Crippen molar-refractivity contribution in [2.45, 2.75) is 50.7 Å². The molecule has 1 N–H and O–H groups in total. The van der Waals surface area contributed by atoms with Crippen molar-refractivity contribution in [3.63, 3.8) is 0 Å². The van der Waals surface area contributed by atoms with Crippen LogP contribution in [0.2, 0.25) is 5.02 Å². The fourth-order valence-corrected chi connectivity index (χ4v) is 2.85. The van der Waals surface area contributed by atoms with Crippen LogP contribution in [0.4, 0.5) is 4.39 Å². The quantitative estimate of drug-likeness (QED) is 0.917. The standard InChI is InChI=1S/C15H20ClFO2/c1-3-14(2)10-15(18,6-7-19-14)9-11-4-5-12(16)13(17)8-11/h4-5,8,18H,3,6-7,9-10H2,1-2H3. The maximum Gasteiger partial charge on any atom is 0.142 e. The smallest absolute Gasteiger partial charge is 0.142 e. The van der Waals surface area contributed by atoms with Gasteiger partial charge in [0, 0.05) is 12.8 Å². The van der Waals surface area contributed by atoms with Gasteiger partial charge in [-0.05, 0) is 37.5 Å². The summed E-state index contributed by atoms with van der Waals surface area (Å²) in [6.45, 7) is 4.60. The average Bonchev–Trinajstić information content (AvgIpc) is 2.33. The van der Waals surface area contributed by atoms with E-state index in [0.29, 0.717) is 25.9 Å². The summed E-state index contributed by atoms with van der Waals surface area (Å²) in [6, 6.07) is 4.70. The Kier molecular flexibility index (Phi) is 4.19. The normalized spacial score (nSPS) is 31.4. The number of rotatable bonds is 3. The Morgan fingerprint density at radius 2 is 2.21 bits per heavy atom. The molecular formula is C15H20ClFO2. The second kappa shape index (κ2) is 5.39. The molecule has 106 valence electrons. The summed E-state index contributed by atoms with van der Waals surface area (Å²) in [5, 5.41) is 10.8. The van der Waals surface area contributed by atoms with E-state index >= 15 is 0 Å². The van der Waals surface area contributed by atoms with E-state index in [1.165, 1.54) is 12.1 Å². The maximum absolute atomic E-state index is 13.4. The van der Waals surface area contributed by atoms with Crippen LogP contribution in [0, 0.1) is 5.82 Å². The molecule has 1 aliphatic heterocycles.